The van der Waals surface area contributed by atoms with Gasteiger partial charge in [0.05, 0.1) is 0 Å². The third-order valence-corrected chi connectivity index (χ3v) is 5.37. The van der Waals surface area contributed by atoms with E-state index in [0.29, 0.717) is 19.0 Å². The molecule has 1 saturated heterocycles. The summed E-state index contributed by atoms with van der Waals surface area (Å²) in [6.45, 7) is 3.56. The number of nitrogens with one attached hydrogen (secondary N) is 1. The first-order valence-electron chi connectivity index (χ1n) is 7.04. The zero-order chi connectivity index (χ0) is 14.6. The maximum absolute atomic E-state index is 12.2. The van der Waals surface area contributed by atoms with Gasteiger partial charge in [-0.05, 0) is 24.3 Å². The summed E-state index contributed by atoms with van der Waals surface area (Å²) in [5.74, 6) is 0.605. The molecule has 0 spiro atoms. The van der Waals surface area contributed by atoms with Gasteiger partial charge >= 0.3 is 0 Å². The second kappa shape index (κ2) is 6.67. The van der Waals surface area contributed by atoms with Crippen LogP contribution in [0.4, 0.5) is 0 Å². The van der Waals surface area contributed by atoms with Crippen molar-refractivity contribution in [2.75, 3.05) is 19.6 Å². The quantitative estimate of drug-likeness (QED) is 0.859. The fraction of sp³-hybridized carbons (Fsp3) is 0.571. The minimum absolute atomic E-state index is 0.221. The summed E-state index contributed by atoms with van der Waals surface area (Å²) in [6.07, 6.45) is 1.84. The van der Waals surface area contributed by atoms with Crippen molar-refractivity contribution < 1.29 is 8.42 Å². The molecule has 0 bridgehead atoms. The molecule has 6 heteroatoms. The van der Waals surface area contributed by atoms with Crippen LogP contribution in [0.1, 0.15) is 31.4 Å². The predicted octanol–water partition coefficient (Wildman–Crippen LogP) is 1.25. The molecule has 1 aliphatic rings. The van der Waals surface area contributed by atoms with Gasteiger partial charge < -0.3 is 5.73 Å². The van der Waals surface area contributed by atoms with Gasteiger partial charge in [0.15, 0.2) is 0 Å². The Bertz CT molecular complexity index is 510. The minimum atomic E-state index is -3.41. The lowest BCUT2D eigenvalue weighted by atomic mass is 10.0. The summed E-state index contributed by atoms with van der Waals surface area (Å²) in [5, 5.41) is 0. The van der Waals surface area contributed by atoms with Crippen LogP contribution >= 0.6 is 0 Å². The molecule has 0 radical (unpaired) electrons. The van der Waals surface area contributed by atoms with Gasteiger partial charge in [0.1, 0.15) is 0 Å². The lowest BCUT2D eigenvalue weighted by molar-refractivity contribution is 0.285. The Labute approximate surface area is 121 Å². The molecule has 1 aromatic rings. The minimum Gasteiger partial charge on any atom is -0.323 e. The van der Waals surface area contributed by atoms with Crippen molar-refractivity contribution in [1.29, 1.82) is 0 Å². The molecule has 0 aliphatic carbocycles. The molecule has 5 nitrogen and oxygen atoms in total. The summed E-state index contributed by atoms with van der Waals surface area (Å²) < 4.78 is 28.5. The highest BCUT2D eigenvalue weighted by atomic mass is 32.2. The van der Waals surface area contributed by atoms with E-state index in [1.165, 1.54) is 4.31 Å². The van der Waals surface area contributed by atoms with Crippen LogP contribution in [0.3, 0.4) is 0 Å². The molecule has 0 aromatic heterocycles. The molecule has 20 heavy (non-hydrogen) atoms. The highest BCUT2D eigenvalue weighted by Gasteiger charge is 2.26. The molecule has 2 rings (SSSR count). The largest absolute Gasteiger partial charge is 0.323 e. The van der Waals surface area contributed by atoms with E-state index >= 15 is 0 Å². The zero-order valence-corrected chi connectivity index (χ0v) is 12.6. The smallest absolute Gasteiger partial charge is 0.279 e. The summed E-state index contributed by atoms with van der Waals surface area (Å²) in [6, 6.07) is 9.19. The van der Waals surface area contributed by atoms with Crippen LogP contribution in [-0.2, 0) is 10.2 Å². The third-order valence-electron chi connectivity index (χ3n) is 3.80. The lowest BCUT2D eigenvalue weighted by Gasteiger charge is -2.29. The van der Waals surface area contributed by atoms with E-state index in [1.54, 1.807) is 0 Å². The van der Waals surface area contributed by atoms with E-state index in [2.05, 4.69) is 11.6 Å². The summed E-state index contributed by atoms with van der Waals surface area (Å²) in [7, 11) is -3.41. The first-order valence-corrected chi connectivity index (χ1v) is 8.48. The van der Waals surface area contributed by atoms with Gasteiger partial charge in [-0.25, -0.2) is 4.72 Å². The normalized spacial score (nSPS) is 19.9. The molecule has 1 atom stereocenters. The Hall–Kier alpha value is -0.950. The van der Waals surface area contributed by atoms with Crippen LogP contribution in [0.15, 0.2) is 30.3 Å². The highest BCUT2D eigenvalue weighted by Crippen LogP contribution is 2.18. The first-order chi connectivity index (χ1) is 9.49. The predicted molar refractivity (Wildman–Crippen MR) is 80.3 cm³/mol. The van der Waals surface area contributed by atoms with Crippen LogP contribution < -0.4 is 10.5 Å². The number of piperidine rings is 1. The Morgan fingerprint density at radius 3 is 2.50 bits per heavy atom. The van der Waals surface area contributed by atoms with E-state index in [9.17, 15) is 8.42 Å². The van der Waals surface area contributed by atoms with Crippen LogP contribution in [0.25, 0.3) is 0 Å². The standard InChI is InChI=1S/C14H23N3O2S/c1-12-7-9-17(10-8-12)20(18,19)16-11-14(15)13-5-3-2-4-6-13/h2-6,12,14,16H,7-11,15H2,1H3. The average Bonchev–Trinajstić information content (AvgIpc) is 2.46. The van der Waals surface area contributed by atoms with Gasteiger partial charge in [-0.3, -0.25) is 0 Å². The number of benzene rings is 1. The van der Waals surface area contributed by atoms with Crippen molar-refractivity contribution in [3.8, 4) is 0 Å². The number of nitrogens with zero attached hydrogens (tertiary/aromatic N) is 1. The summed E-state index contributed by atoms with van der Waals surface area (Å²) in [5.41, 5.74) is 6.94. The van der Waals surface area contributed by atoms with Gasteiger partial charge in [-0.1, -0.05) is 37.3 Å². The molecule has 0 saturated carbocycles. The maximum Gasteiger partial charge on any atom is 0.279 e. The molecule has 1 fully saturated rings. The van der Waals surface area contributed by atoms with E-state index in [4.69, 9.17) is 5.73 Å². The van der Waals surface area contributed by atoms with Crippen LogP contribution in [0.2, 0.25) is 0 Å². The number of hydrogen-bond acceptors (Lipinski definition) is 3. The first kappa shape index (κ1) is 15.4. The average molecular weight is 297 g/mol. The monoisotopic (exact) mass is 297 g/mol. The third kappa shape index (κ3) is 4.02. The second-order valence-electron chi connectivity index (χ2n) is 5.45. The van der Waals surface area contributed by atoms with Crippen molar-refractivity contribution in [1.82, 2.24) is 9.03 Å². The molecule has 1 heterocycles. The zero-order valence-electron chi connectivity index (χ0n) is 11.8. The van der Waals surface area contributed by atoms with E-state index < -0.39 is 10.2 Å². The fourth-order valence-electron chi connectivity index (χ4n) is 2.33. The number of hydrogen-bond donors (Lipinski definition) is 2. The van der Waals surface area contributed by atoms with Crippen LogP contribution in [-0.4, -0.2) is 32.4 Å². The van der Waals surface area contributed by atoms with Crippen molar-refractivity contribution in [3.05, 3.63) is 35.9 Å². The second-order valence-corrected chi connectivity index (χ2v) is 7.21. The van der Waals surface area contributed by atoms with Gasteiger partial charge in [-0.15, -0.1) is 0 Å². The van der Waals surface area contributed by atoms with Crippen LogP contribution in [0.5, 0.6) is 0 Å². The van der Waals surface area contributed by atoms with Gasteiger partial charge in [-0.2, -0.15) is 12.7 Å². The number of nitrogens with two attached hydrogens (primary N) is 1. The molecular formula is C14H23N3O2S. The molecule has 1 aliphatic heterocycles. The van der Waals surface area contributed by atoms with Crippen molar-refractivity contribution in [2.24, 2.45) is 11.7 Å². The van der Waals surface area contributed by atoms with Crippen molar-refractivity contribution in [2.45, 2.75) is 25.8 Å². The molecule has 112 valence electrons. The summed E-state index contributed by atoms with van der Waals surface area (Å²) in [4.78, 5) is 0. The fourth-order valence-corrected chi connectivity index (χ4v) is 3.59. The Balaban J connectivity index is 1.89. The molecular weight excluding hydrogens is 274 g/mol. The van der Waals surface area contributed by atoms with E-state index in [1.807, 2.05) is 30.3 Å². The van der Waals surface area contributed by atoms with Gasteiger partial charge in [0, 0.05) is 25.7 Å². The lowest BCUT2D eigenvalue weighted by Crippen LogP contribution is -2.46. The van der Waals surface area contributed by atoms with E-state index in [-0.39, 0.29) is 12.6 Å². The van der Waals surface area contributed by atoms with Crippen molar-refractivity contribution in [3.63, 3.8) is 0 Å². The Morgan fingerprint density at radius 1 is 1.30 bits per heavy atom. The Morgan fingerprint density at radius 2 is 1.90 bits per heavy atom. The van der Waals surface area contributed by atoms with Gasteiger partial charge in [0.2, 0.25) is 0 Å². The van der Waals surface area contributed by atoms with E-state index in [0.717, 1.165) is 18.4 Å². The number of rotatable bonds is 5. The highest BCUT2D eigenvalue weighted by molar-refractivity contribution is 7.87. The summed E-state index contributed by atoms with van der Waals surface area (Å²) >= 11 is 0. The van der Waals surface area contributed by atoms with Crippen LogP contribution in [0, 0.1) is 5.92 Å². The maximum atomic E-state index is 12.2. The molecule has 1 unspecified atom stereocenters. The SMILES string of the molecule is CC1CCN(S(=O)(=O)NCC(N)c2ccccc2)CC1. The molecule has 0 amide bonds. The topological polar surface area (TPSA) is 75.4 Å². The Kier molecular flexibility index (Phi) is 5.15. The van der Waals surface area contributed by atoms with Gasteiger partial charge in [0.25, 0.3) is 10.2 Å². The molecule has 1 aromatic carbocycles. The molecule has 3 N–H and O–H groups in total. The van der Waals surface area contributed by atoms with Crippen molar-refractivity contribution >= 4 is 10.2 Å².